The van der Waals surface area contributed by atoms with Gasteiger partial charge in [0.25, 0.3) is 5.91 Å². The molecule has 8 nitrogen and oxygen atoms in total. The first-order valence-corrected chi connectivity index (χ1v) is 15.6. The molecule has 5 atom stereocenters. The molecule has 2 heterocycles. The first-order valence-electron chi connectivity index (χ1n) is 15.6. The zero-order valence-corrected chi connectivity index (χ0v) is 26.9. The summed E-state index contributed by atoms with van der Waals surface area (Å²) in [6.07, 6.45) is -0.590. The second-order valence-electron chi connectivity index (χ2n) is 13.0. The summed E-state index contributed by atoms with van der Waals surface area (Å²) in [4.78, 5) is 27.8. The van der Waals surface area contributed by atoms with Gasteiger partial charge in [-0.15, -0.1) is 0 Å². The zero-order chi connectivity index (χ0) is 34.9. The lowest BCUT2D eigenvalue weighted by Gasteiger charge is -2.43. The van der Waals surface area contributed by atoms with Gasteiger partial charge in [0.15, 0.2) is 29.6 Å². The number of benzene rings is 3. The topological polar surface area (TPSA) is 97.3 Å². The van der Waals surface area contributed by atoms with Crippen LogP contribution in [0, 0.1) is 35.0 Å². The molecule has 0 spiro atoms. The number of carbonyl (C=O) groups excluding carboxylic acids is 2. The number of amides is 1. The van der Waals surface area contributed by atoms with Crippen LogP contribution in [0.2, 0.25) is 0 Å². The average Bonchev–Trinajstić information content (AvgIpc) is 3.52. The van der Waals surface area contributed by atoms with Gasteiger partial charge in [0.2, 0.25) is 5.82 Å². The number of hydrogen-bond acceptors (Lipinski definition) is 7. The van der Waals surface area contributed by atoms with Gasteiger partial charge in [0.05, 0.1) is 18.8 Å². The molecule has 0 bridgehead atoms. The van der Waals surface area contributed by atoms with Gasteiger partial charge in [0, 0.05) is 23.7 Å². The third-order valence-electron chi connectivity index (χ3n) is 8.43. The number of aliphatic hydroxyl groups is 1. The first-order chi connectivity index (χ1) is 22.7. The number of hydrogen-bond donors (Lipinski definition) is 2. The Labute approximate surface area is 274 Å². The predicted octanol–water partition coefficient (Wildman–Crippen LogP) is 6.72. The summed E-state index contributed by atoms with van der Waals surface area (Å²) in [7, 11) is 0. The lowest BCUT2D eigenvalue weighted by molar-refractivity contribution is -0.276. The van der Waals surface area contributed by atoms with Crippen molar-refractivity contribution in [3.8, 4) is 0 Å². The Kier molecular flexibility index (Phi) is 10.5. The van der Waals surface area contributed by atoms with Crippen molar-refractivity contribution in [1.82, 2.24) is 4.90 Å². The van der Waals surface area contributed by atoms with E-state index < -0.39 is 70.7 Å². The normalized spacial score (nSPS) is 23.2. The van der Waals surface area contributed by atoms with Crippen molar-refractivity contribution in [3.05, 3.63) is 99.9 Å². The third kappa shape index (κ3) is 7.54. The fourth-order valence-corrected chi connectivity index (χ4v) is 6.00. The number of aliphatic hydroxyl groups excluding tert-OH is 1. The van der Waals surface area contributed by atoms with Gasteiger partial charge < -0.3 is 24.6 Å². The summed E-state index contributed by atoms with van der Waals surface area (Å²) < 4.78 is 88.3. The largest absolute Gasteiger partial charge is 0.459 e. The lowest BCUT2D eigenvalue weighted by atomic mass is 9.90. The molecule has 0 aromatic heterocycles. The molecule has 3 aromatic rings. The number of halogens is 5. The van der Waals surface area contributed by atoms with E-state index >= 15 is 0 Å². The summed E-state index contributed by atoms with van der Waals surface area (Å²) in [5.41, 5.74) is -0.379. The van der Waals surface area contributed by atoms with Gasteiger partial charge in [-0.1, -0.05) is 43.3 Å². The monoisotopic (exact) mass is 676 g/mol. The highest BCUT2D eigenvalue weighted by Crippen LogP contribution is 2.43. The van der Waals surface area contributed by atoms with E-state index in [9.17, 15) is 36.6 Å². The van der Waals surface area contributed by atoms with Crippen LogP contribution in [-0.2, 0) is 25.6 Å². The van der Waals surface area contributed by atoms with Gasteiger partial charge >= 0.3 is 5.97 Å². The Balaban J connectivity index is 1.42. The van der Waals surface area contributed by atoms with E-state index in [1.807, 2.05) is 44.7 Å². The van der Waals surface area contributed by atoms with E-state index in [0.29, 0.717) is 30.6 Å². The van der Waals surface area contributed by atoms with Crippen LogP contribution in [-0.4, -0.2) is 52.7 Å². The number of ether oxygens (including phenoxy) is 3. The molecule has 0 aliphatic carbocycles. The predicted molar refractivity (Wildman–Crippen MR) is 164 cm³/mol. The lowest BCUT2D eigenvalue weighted by Crippen LogP contribution is -2.48. The second kappa shape index (κ2) is 14.3. The van der Waals surface area contributed by atoms with E-state index in [0.717, 1.165) is 12.0 Å². The molecular formula is C35H37F5N2O6. The van der Waals surface area contributed by atoms with E-state index in [2.05, 4.69) is 5.32 Å². The second-order valence-corrected chi connectivity index (χ2v) is 13.0. The summed E-state index contributed by atoms with van der Waals surface area (Å²) in [6.45, 7) is 8.27. The molecule has 5 unspecified atom stereocenters. The Morgan fingerprint density at radius 2 is 1.58 bits per heavy atom. The van der Waals surface area contributed by atoms with Crippen LogP contribution < -0.4 is 5.32 Å². The molecule has 258 valence electrons. The number of esters is 1. The summed E-state index contributed by atoms with van der Waals surface area (Å²) in [6, 6.07) is 12.7. The SMILES string of the molecule is CC1C(CN2CCCC2C(=O)OC(C)(C)C)OC(c2cccc(NC(=O)c3c(F)c(F)c(F)c(F)c3F)c2)OC1c1ccc(CO)cc1. The Morgan fingerprint density at radius 1 is 0.938 bits per heavy atom. The summed E-state index contributed by atoms with van der Waals surface area (Å²) >= 11 is 0. The molecule has 0 radical (unpaired) electrons. The van der Waals surface area contributed by atoms with Gasteiger partial charge in [0.1, 0.15) is 17.2 Å². The molecule has 13 heteroatoms. The molecule has 3 aromatic carbocycles. The molecule has 2 saturated heterocycles. The van der Waals surface area contributed by atoms with Crippen molar-refractivity contribution in [2.45, 2.75) is 77.3 Å². The van der Waals surface area contributed by atoms with Crippen molar-refractivity contribution in [2.75, 3.05) is 18.4 Å². The van der Waals surface area contributed by atoms with Gasteiger partial charge in [-0.2, -0.15) is 0 Å². The fourth-order valence-electron chi connectivity index (χ4n) is 6.00. The highest BCUT2D eigenvalue weighted by molar-refractivity contribution is 6.04. The number of nitrogens with one attached hydrogen (secondary N) is 1. The highest BCUT2D eigenvalue weighted by Gasteiger charge is 2.42. The molecule has 2 aliphatic rings. The van der Waals surface area contributed by atoms with Crippen LogP contribution in [0.4, 0.5) is 27.6 Å². The number of rotatable bonds is 8. The smallest absolute Gasteiger partial charge is 0.323 e. The van der Waals surface area contributed by atoms with Crippen molar-refractivity contribution < 1.29 is 50.9 Å². The maximum Gasteiger partial charge on any atom is 0.323 e. The number of anilines is 1. The van der Waals surface area contributed by atoms with Crippen molar-refractivity contribution in [3.63, 3.8) is 0 Å². The Morgan fingerprint density at radius 3 is 2.21 bits per heavy atom. The maximum atomic E-state index is 14.3. The van der Waals surface area contributed by atoms with E-state index in [1.54, 1.807) is 18.2 Å². The van der Waals surface area contributed by atoms with Gasteiger partial charge in [-0.05, 0) is 63.4 Å². The highest BCUT2D eigenvalue weighted by atomic mass is 19.2. The molecular weight excluding hydrogens is 639 g/mol. The van der Waals surface area contributed by atoms with Crippen LogP contribution in [0.25, 0.3) is 0 Å². The van der Waals surface area contributed by atoms with Crippen LogP contribution in [0.15, 0.2) is 48.5 Å². The quantitative estimate of drug-likeness (QED) is 0.118. The average molecular weight is 677 g/mol. The Hall–Kier alpha value is -3.91. The Bertz CT molecular complexity index is 1640. The molecule has 2 fully saturated rings. The minimum Gasteiger partial charge on any atom is -0.459 e. The third-order valence-corrected chi connectivity index (χ3v) is 8.43. The molecule has 5 rings (SSSR count). The number of nitrogens with zero attached hydrogens (tertiary/aromatic N) is 1. The van der Waals surface area contributed by atoms with Crippen molar-refractivity contribution >= 4 is 17.6 Å². The molecule has 48 heavy (non-hydrogen) atoms. The van der Waals surface area contributed by atoms with E-state index in [-0.39, 0.29) is 24.2 Å². The van der Waals surface area contributed by atoms with E-state index in [4.69, 9.17) is 14.2 Å². The van der Waals surface area contributed by atoms with E-state index in [1.165, 1.54) is 18.2 Å². The summed E-state index contributed by atoms with van der Waals surface area (Å²) in [5.74, 6) is -13.4. The first kappa shape index (κ1) is 35.4. The van der Waals surface area contributed by atoms with Gasteiger partial charge in [-0.3, -0.25) is 14.5 Å². The summed E-state index contributed by atoms with van der Waals surface area (Å²) in [5, 5.41) is 11.7. The zero-order valence-electron chi connectivity index (χ0n) is 26.9. The fraction of sp³-hybridized carbons (Fsp3) is 0.429. The van der Waals surface area contributed by atoms with Crippen LogP contribution in [0.5, 0.6) is 0 Å². The van der Waals surface area contributed by atoms with Crippen LogP contribution >= 0.6 is 0 Å². The van der Waals surface area contributed by atoms with Crippen molar-refractivity contribution in [1.29, 1.82) is 0 Å². The molecule has 2 N–H and O–H groups in total. The molecule has 2 aliphatic heterocycles. The maximum absolute atomic E-state index is 14.3. The van der Waals surface area contributed by atoms with Crippen LogP contribution in [0.1, 0.15) is 80.0 Å². The van der Waals surface area contributed by atoms with Gasteiger partial charge in [-0.25, -0.2) is 22.0 Å². The number of likely N-dealkylation sites (tertiary alicyclic amines) is 1. The molecule has 0 saturated carbocycles. The minimum atomic E-state index is -2.37. The van der Waals surface area contributed by atoms with Crippen LogP contribution in [0.3, 0.4) is 0 Å². The molecule has 1 amide bonds. The number of carbonyl (C=O) groups is 2. The standard InChI is InChI=1S/C35H37F5N2O6/c1-18-24(16-42-14-6-9-23(42)33(45)48-35(2,3)4)46-34(47-31(18)20-12-10-19(17-43)11-13-20)21-7-5-8-22(15-21)41-32(44)25-26(36)28(38)30(40)29(39)27(25)37/h5,7-8,10-13,15,18,23-24,31,34,43H,6,9,14,16-17H2,1-4H3,(H,41,44). The minimum absolute atomic E-state index is 0.0165. The van der Waals surface area contributed by atoms with Crippen molar-refractivity contribution in [2.24, 2.45) is 5.92 Å².